The Labute approximate surface area is 195 Å². The molecule has 2 aromatic carbocycles. The van der Waals surface area contributed by atoms with Crippen LogP contribution >= 0.6 is 0 Å². The molecule has 1 fully saturated rings. The fourth-order valence-electron chi connectivity index (χ4n) is 4.54. The quantitative estimate of drug-likeness (QED) is 0.537. The van der Waals surface area contributed by atoms with Gasteiger partial charge in [0.2, 0.25) is 5.91 Å². The lowest BCUT2D eigenvalue weighted by atomic mass is 9.89. The van der Waals surface area contributed by atoms with E-state index in [1.165, 1.54) is 5.56 Å². The number of piperidine rings is 1. The van der Waals surface area contributed by atoms with E-state index in [1.54, 1.807) is 0 Å². The zero-order chi connectivity index (χ0) is 23.2. The van der Waals surface area contributed by atoms with Crippen molar-refractivity contribution in [2.75, 3.05) is 19.6 Å². The van der Waals surface area contributed by atoms with Gasteiger partial charge in [-0.2, -0.15) is 5.10 Å². The second-order valence-corrected chi connectivity index (χ2v) is 8.85. The van der Waals surface area contributed by atoms with Crippen molar-refractivity contribution in [1.29, 1.82) is 0 Å². The molecule has 0 saturated carbocycles. The van der Waals surface area contributed by atoms with E-state index >= 15 is 0 Å². The molecule has 1 aromatic heterocycles. The number of likely N-dealkylation sites (tertiary alicyclic amines) is 1. The van der Waals surface area contributed by atoms with Crippen LogP contribution in [0, 0.1) is 19.8 Å². The Balaban J connectivity index is 1.25. The highest BCUT2D eigenvalue weighted by atomic mass is 16.2. The third-order valence-corrected chi connectivity index (χ3v) is 6.55. The van der Waals surface area contributed by atoms with Crippen LogP contribution in [0.25, 0.3) is 0 Å². The van der Waals surface area contributed by atoms with Gasteiger partial charge in [0.1, 0.15) is 0 Å². The third kappa shape index (κ3) is 5.76. The maximum absolute atomic E-state index is 12.7. The van der Waals surface area contributed by atoms with E-state index in [4.69, 9.17) is 0 Å². The predicted molar refractivity (Wildman–Crippen MR) is 129 cm³/mol. The lowest BCUT2D eigenvalue weighted by molar-refractivity contribution is -0.122. The van der Waals surface area contributed by atoms with Gasteiger partial charge in [-0.25, -0.2) is 0 Å². The average molecular weight is 445 g/mol. The molecule has 6 heteroatoms. The molecule has 172 valence electrons. The number of hydrogen-bond acceptors (Lipinski definition) is 4. The van der Waals surface area contributed by atoms with Gasteiger partial charge in [0.15, 0.2) is 5.78 Å². The summed E-state index contributed by atoms with van der Waals surface area (Å²) in [5, 5.41) is 7.74. The van der Waals surface area contributed by atoms with Gasteiger partial charge in [-0.05, 0) is 45.3 Å². The number of carbonyl (C=O) groups excluding carboxylic acids is 2. The SMILES string of the molecule is Cc1nn(Cc2ccccc2)c(C)c1CNC(=O)CN1CCC(C(=O)c2ccccc2)CC1. The van der Waals surface area contributed by atoms with E-state index < -0.39 is 0 Å². The maximum Gasteiger partial charge on any atom is 0.234 e. The number of amides is 1. The summed E-state index contributed by atoms with van der Waals surface area (Å²) in [6, 6.07) is 19.8. The summed E-state index contributed by atoms with van der Waals surface area (Å²) in [5.41, 5.74) is 5.09. The highest BCUT2D eigenvalue weighted by Crippen LogP contribution is 2.21. The number of aromatic nitrogens is 2. The smallest absolute Gasteiger partial charge is 0.234 e. The fourth-order valence-corrected chi connectivity index (χ4v) is 4.54. The van der Waals surface area contributed by atoms with Crippen LogP contribution < -0.4 is 5.32 Å². The highest BCUT2D eigenvalue weighted by Gasteiger charge is 2.26. The molecule has 1 aliphatic rings. The van der Waals surface area contributed by atoms with E-state index in [9.17, 15) is 9.59 Å². The predicted octanol–water partition coefficient (Wildman–Crippen LogP) is 3.76. The van der Waals surface area contributed by atoms with Gasteiger partial charge in [0.25, 0.3) is 0 Å². The largest absolute Gasteiger partial charge is 0.351 e. The first-order valence-corrected chi connectivity index (χ1v) is 11.7. The second-order valence-electron chi connectivity index (χ2n) is 8.85. The second kappa shape index (κ2) is 10.6. The number of ketones is 1. The molecule has 3 aromatic rings. The monoisotopic (exact) mass is 444 g/mol. The molecule has 1 N–H and O–H groups in total. The third-order valence-electron chi connectivity index (χ3n) is 6.55. The molecule has 0 bridgehead atoms. The normalized spacial score (nSPS) is 14.8. The Morgan fingerprint density at radius 3 is 2.27 bits per heavy atom. The van der Waals surface area contributed by atoms with Gasteiger partial charge < -0.3 is 5.32 Å². The standard InChI is InChI=1S/C27H32N4O2/c1-20-25(21(2)31(29-20)18-22-9-5-3-6-10-22)17-28-26(32)19-30-15-13-24(14-16-30)27(33)23-11-7-4-8-12-23/h3-12,24H,13-19H2,1-2H3,(H,28,32). The molecule has 6 nitrogen and oxygen atoms in total. The van der Waals surface area contributed by atoms with E-state index in [-0.39, 0.29) is 17.6 Å². The van der Waals surface area contributed by atoms with Gasteiger partial charge in [0, 0.05) is 29.3 Å². The zero-order valence-electron chi connectivity index (χ0n) is 19.5. The molecule has 2 heterocycles. The summed E-state index contributed by atoms with van der Waals surface area (Å²) in [6.07, 6.45) is 1.59. The Bertz CT molecular complexity index is 1080. The number of hydrogen-bond donors (Lipinski definition) is 1. The van der Waals surface area contributed by atoms with Crippen LogP contribution in [0.1, 0.15) is 45.7 Å². The van der Waals surface area contributed by atoms with E-state index in [2.05, 4.69) is 34.4 Å². The first-order valence-electron chi connectivity index (χ1n) is 11.7. The lowest BCUT2D eigenvalue weighted by Gasteiger charge is -2.30. The summed E-state index contributed by atoms with van der Waals surface area (Å²) in [6.45, 7) is 7.14. The van der Waals surface area contributed by atoms with Crippen molar-refractivity contribution < 1.29 is 9.59 Å². The van der Waals surface area contributed by atoms with E-state index in [0.29, 0.717) is 13.1 Å². The van der Waals surface area contributed by atoms with Crippen LogP contribution in [0.4, 0.5) is 0 Å². The Morgan fingerprint density at radius 1 is 0.970 bits per heavy atom. The topological polar surface area (TPSA) is 67.2 Å². The number of benzene rings is 2. The minimum Gasteiger partial charge on any atom is -0.351 e. The molecular formula is C27H32N4O2. The van der Waals surface area contributed by atoms with Crippen molar-refractivity contribution in [3.63, 3.8) is 0 Å². The van der Waals surface area contributed by atoms with Crippen LogP contribution in [-0.4, -0.2) is 46.0 Å². The van der Waals surface area contributed by atoms with Crippen LogP contribution in [0.5, 0.6) is 0 Å². The Kier molecular flexibility index (Phi) is 7.35. The van der Waals surface area contributed by atoms with Crippen molar-refractivity contribution in [3.8, 4) is 0 Å². The summed E-state index contributed by atoms with van der Waals surface area (Å²) in [4.78, 5) is 27.4. The van der Waals surface area contributed by atoms with E-state index in [1.807, 2.05) is 60.1 Å². The number of nitrogens with zero attached hydrogens (tertiary/aromatic N) is 3. The molecule has 1 amide bonds. The molecule has 0 atom stereocenters. The van der Waals surface area contributed by atoms with Gasteiger partial charge in [0.05, 0.1) is 18.8 Å². The molecular weight excluding hydrogens is 412 g/mol. The van der Waals surface area contributed by atoms with Crippen molar-refractivity contribution in [3.05, 3.63) is 88.7 Å². The molecule has 4 rings (SSSR count). The van der Waals surface area contributed by atoms with Crippen LogP contribution in [0.2, 0.25) is 0 Å². The number of aryl methyl sites for hydroxylation is 1. The van der Waals surface area contributed by atoms with Crippen LogP contribution in [-0.2, 0) is 17.9 Å². The molecule has 0 aliphatic carbocycles. The molecule has 1 aliphatic heterocycles. The summed E-state index contributed by atoms with van der Waals surface area (Å²) < 4.78 is 2.00. The number of nitrogens with one attached hydrogen (secondary N) is 1. The van der Waals surface area contributed by atoms with Crippen LogP contribution in [0.3, 0.4) is 0 Å². The number of carbonyl (C=O) groups is 2. The van der Waals surface area contributed by atoms with Gasteiger partial charge in [-0.1, -0.05) is 60.7 Å². The van der Waals surface area contributed by atoms with Crippen molar-refractivity contribution >= 4 is 11.7 Å². The maximum atomic E-state index is 12.7. The Morgan fingerprint density at radius 2 is 1.61 bits per heavy atom. The molecule has 0 radical (unpaired) electrons. The van der Waals surface area contributed by atoms with Crippen LogP contribution in [0.15, 0.2) is 60.7 Å². The Hall–Kier alpha value is -3.25. The van der Waals surface area contributed by atoms with Crippen molar-refractivity contribution in [2.24, 2.45) is 5.92 Å². The molecule has 33 heavy (non-hydrogen) atoms. The molecule has 0 spiro atoms. The van der Waals surface area contributed by atoms with Gasteiger partial charge in [-0.3, -0.25) is 19.2 Å². The zero-order valence-corrected chi connectivity index (χ0v) is 19.5. The minimum atomic E-state index is 0.0115. The van der Waals surface area contributed by atoms with Crippen molar-refractivity contribution in [1.82, 2.24) is 20.0 Å². The summed E-state index contributed by atoms with van der Waals surface area (Å²) in [7, 11) is 0. The molecule has 1 saturated heterocycles. The lowest BCUT2D eigenvalue weighted by Crippen LogP contribution is -2.42. The van der Waals surface area contributed by atoms with Crippen molar-refractivity contribution in [2.45, 2.75) is 39.8 Å². The number of Topliss-reactive ketones (excluding diaryl/α,β-unsaturated/α-hetero) is 1. The first-order chi connectivity index (χ1) is 16.0. The van der Waals surface area contributed by atoms with Gasteiger partial charge >= 0.3 is 0 Å². The minimum absolute atomic E-state index is 0.0115. The fraction of sp³-hybridized carbons (Fsp3) is 0.370. The summed E-state index contributed by atoms with van der Waals surface area (Å²) >= 11 is 0. The number of rotatable bonds is 8. The average Bonchev–Trinajstić information content (AvgIpc) is 3.11. The highest BCUT2D eigenvalue weighted by molar-refractivity contribution is 5.97. The first kappa shape index (κ1) is 22.9. The summed E-state index contributed by atoms with van der Waals surface area (Å²) in [5.74, 6) is 0.281. The molecule has 0 unspecified atom stereocenters. The van der Waals surface area contributed by atoms with Gasteiger partial charge in [-0.15, -0.1) is 0 Å². The van der Waals surface area contributed by atoms with E-state index in [0.717, 1.165) is 55.0 Å².